The summed E-state index contributed by atoms with van der Waals surface area (Å²) in [5.74, 6) is 2.62. The lowest BCUT2D eigenvalue weighted by Gasteiger charge is -2.19. The zero-order valence-electron chi connectivity index (χ0n) is 8.19. The molecule has 0 saturated heterocycles. The molecule has 0 aliphatic heterocycles. The molecule has 0 aliphatic carbocycles. The molecule has 0 N–H and O–H groups in total. The maximum absolute atomic E-state index is 10.5. The number of thiophene rings is 1. The number of nitrogens with zero attached hydrogens (tertiary/aromatic N) is 1. The summed E-state index contributed by atoms with van der Waals surface area (Å²) >= 11 is 1.45. The topological polar surface area (TPSA) is 20.3 Å². The first kappa shape index (κ1) is 10.8. The fourth-order valence-electron chi connectivity index (χ4n) is 1.25. The Balaban J connectivity index is 2.76. The third-order valence-electron chi connectivity index (χ3n) is 1.86. The van der Waals surface area contributed by atoms with Crippen molar-refractivity contribution in [2.45, 2.75) is 13.3 Å². The van der Waals surface area contributed by atoms with Crippen LogP contribution in [0.25, 0.3) is 0 Å². The number of hydrogen-bond acceptors (Lipinski definition) is 3. The molecule has 0 spiro atoms. The van der Waals surface area contributed by atoms with E-state index in [0.29, 0.717) is 6.54 Å². The smallest absolute Gasteiger partial charge is 0.160 e. The quantitative estimate of drug-likeness (QED) is 0.546. The van der Waals surface area contributed by atoms with Gasteiger partial charge in [0.15, 0.2) is 6.29 Å². The molecule has 0 bridgehead atoms. The van der Waals surface area contributed by atoms with E-state index < -0.39 is 0 Å². The van der Waals surface area contributed by atoms with E-state index in [-0.39, 0.29) is 0 Å². The zero-order valence-corrected chi connectivity index (χ0v) is 9.01. The lowest BCUT2D eigenvalue weighted by Crippen LogP contribution is -2.23. The third kappa shape index (κ3) is 2.61. The minimum Gasteiger partial charge on any atom is -0.360 e. The fourth-order valence-corrected chi connectivity index (χ4v) is 1.97. The standard InChI is InChI=1S/C11H13NOS/c1-3-5-12(6-4-2)10-7-11(8-13)14-9-10/h1,7-9H,4-6H2,2H3. The maximum Gasteiger partial charge on any atom is 0.160 e. The summed E-state index contributed by atoms with van der Waals surface area (Å²) in [7, 11) is 0. The average molecular weight is 207 g/mol. The molecule has 0 radical (unpaired) electrons. The van der Waals surface area contributed by atoms with Gasteiger partial charge in [0.2, 0.25) is 0 Å². The highest BCUT2D eigenvalue weighted by atomic mass is 32.1. The molecule has 1 heterocycles. The van der Waals surface area contributed by atoms with Crippen LogP contribution in [0.15, 0.2) is 11.4 Å². The van der Waals surface area contributed by atoms with Crippen LogP contribution in [0.4, 0.5) is 5.69 Å². The van der Waals surface area contributed by atoms with Crippen molar-refractivity contribution >= 4 is 23.3 Å². The second-order valence-corrected chi connectivity index (χ2v) is 3.89. The van der Waals surface area contributed by atoms with Gasteiger partial charge in [0.05, 0.1) is 11.4 Å². The molecular weight excluding hydrogens is 194 g/mol. The van der Waals surface area contributed by atoms with Gasteiger partial charge in [0, 0.05) is 17.6 Å². The van der Waals surface area contributed by atoms with Crippen molar-refractivity contribution in [3.8, 4) is 12.3 Å². The largest absolute Gasteiger partial charge is 0.360 e. The van der Waals surface area contributed by atoms with E-state index in [2.05, 4.69) is 17.7 Å². The van der Waals surface area contributed by atoms with E-state index >= 15 is 0 Å². The van der Waals surface area contributed by atoms with Crippen LogP contribution in [-0.4, -0.2) is 19.4 Å². The molecule has 0 aliphatic rings. The van der Waals surface area contributed by atoms with Gasteiger partial charge in [0.25, 0.3) is 0 Å². The van der Waals surface area contributed by atoms with Crippen LogP contribution in [0.2, 0.25) is 0 Å². The highest BCUT2D eigenvalue weighted by molar-refractivity contribution is 7.12. The second-order valence-electron chi connectivity index (χ2n) is 2.95. The first-order chi connectivity index (χ1) is 6.81. The average Bonchev–Trinajstić information content (AvgIpc) is 2.65. The van der Waals surface area contributed by atoms with Crippen LogP contribution in [-0.2, 0) is 0 Å². The van der Waals surface area contributed by atoms with E-state index in [9.17, 15) is 4.79 Å². The molecule has 3 heteroatoms. The van der Waals surface area contributed by atoms with Crippen molar-refractivity contribution in [2.75, 3.05) is 18.0 Å². The Morgan fingerprint density at radius 3 is 3.00 bits per heavy atom. The molecule has 0 unspecified atom stereocenters. The zero-order chi connectivity index (χ0) is 10.4. The Kier molecular flexibility index (Phi) is 4.21. The van der Waals surface area contributed by atoms with Crippen LogP contribution in [0.3, 0.4) is 0 Å². The Hall–Kier alpha value is -1.27. The first-order valence-corrected chi connectivity index (χ1v) is 5.42. The van der Waals surface area contributed by atoms with Crippen molar-refractivity contribution in [1.82, 2.24) is 0 Å². The molecule has 0 fully saturated rings. The van der Waals surface area contributed by atoms with E-state index in [4.69, 9.17) is 6.42 Å². The summed E-state index contributed by atoms with van der Waals surface area (Å²) in [4.78, 5) is 13.4. The first-order valence-electron chi connectivity index (χ1n) is 4.54. The van der Waals surface area contributed by atoms with Crippen LogP contribution >= 0.6 is 11.3 Å². The highest BCUT2D eigenvalue weighted by Crippen LogP contribution is 2.21. The number of carbonyl (C=O) groups is 1. The van der Waals surface area contributed by atoms with E-state index in [1.54, 1.807) is 0 Å². The molecule has 1 rings (SSSR count). The molecule has 2 nitrogen and oxygen atoms in total. The van der Waals surface area contributed by atoms with Crippen molar-refractivity contribution in [3.05, 3.63) is 16.3 Å². The summed E-state index contributed by atoms with van der Waals surface area (Å²) < 4.78 is 0. The predicted molar refractivity (Wildman–Crippen MR) is 61.0 cm³/mol. The summed E-state index contributed by atoms with van der Waals surface area (Å²) in [5.41, 5.74) is 1.05. The van der Waals surface area contributed by atoms with Gasteiger partial charge in [-0.25, -0.2) is 0 Å². The van der Waals surface area contributed by atoms with Gasteiger partial charge in [-0.1, -0.05) is 12.8 Å². The van der Waals surface area contributed by atoms with Crippen LogP contribution in [0.5, 0.6) is 0 Å². The SMILES string of the molecule is C#CCN(CCC)c1csc(C=O)c1. The van der Waals surface area contributed by atoms with Crippen molar-refractivity contribution < 1.29 is 4.79 Å². The van der Waals surface area contributed by atoms with E-state index in [0.717, 1.165) is 29.8 Å². The molecule has 0 aromatic carbocycles. The fraction of sp³-hybridized carbons (Fsp3) is 0.364. The number of hydrogen-bond donors (Lipinski definition) is 0. The van der Waals surface area contributed by atoms with E-state index in [1.165, 1.54) is 11.3 Å². The van der Waals surface area contributed by atoms with Gasteiger partial charge in [-0.05, 0) is 12.5 Å². The molecule has 1 aromatic rings. The molecular formula is C11H13NOS. The molecule has 0 saturated carbocycles. The highest BCUT2D eigenvalue weighted by Gasteiger charge is 2.06. The number of carbonyl (C=O) groups excluding carboxylic acids is 1. The van der Waals surface area contributed by atoms with Gasteiger partial charge < -0.3 is 4.90 Å². The Bertz CT molecular complexity index is 337. The number of aldehydes is 1. The summed E-state index contributed by atoms with van der Waals surface area (Å²) in [6.07, 6.45) is 7.20. The summed E-state index contributed by atoms with van der Waals surface area (Å²) in [5, 5.41) is 1.97. The molecule has 0 amide bonds. The van der Waals surface area contributed by atoms with Crippen LogP contribution in [0, 0.1) is 12.3 Å². The number of rotatable bonds is 5. The Morgan fingerprint density at radius 1 is 1.71 bits per heavy atom. The van der Waals surface area contributed by atoms with Gasteiger partial charge in [-0.3, -0.25) is 4.79 Å². The minimum absolute atomic E-state index is 0.600. The third-order valence-corrected chi connectivity index (χ3v) is 2.71. The maximum atomic E-state index is 10.5. The van der Waals surface area contributed by atoms with Crippen molar-refractivity contribution in [2.24, 2.45) is 0 Å². The summed E-state index contributed by atoms with van der Waals surface area (Å²) in [6, 6.07) is 1.88. The lowest BCUT2D eigenvalue weighted by atomic mass is 10.3. The lowest BCUT2D eigenvalue weighted by molar-refractivity contribution is 0.112. The summed E-state index contributed by atoms with van der Waals surface area (Å²) in [6.45, 7) is 3.64. The minimum atomic E-state index is 0.600. The van der Waals surface area contributed by atoms with E-state index in [1.807, 2.05) is 11.4 Å². The van der Waals surface area contributed by atoms with Gasteiger partial charge in [-0.15, -0.1) is 17.8 Å². The molecule has 0 atom stereocenters. The normalized spacial score (nSPS) is 9.43. The van der Waals surface area contributed by atoms with Gasteiger partial charge in [-0.2, -0.15) is 0 Å². The second kappa shape index (κ2) is 5.46. The Labute approximate surface area is 88.5 Å². The molecule has 14 heavy (non-hydrogen) atoms. The monoisotopic (exact) mass is 207 g/mol. The van der Waals surface area contributed by atoms with Crippen molar-refractivity contribution in [1.29, 1.82) is 0 Å². The van der Waals surface area contributed by atoms with Gasteiger partial charge in [0.1, 0.15) is 0 Å². The predicted octanol–water partition coefficient (Wildman–Crippen LogP) is 2.41. The number of terminal acetylenes is 1. The molecule has 1 aromatic heterocycles. The van der Waals surface area contributed by atoms with Gasteiger partial charge >= 0.3 is 0 Å². The Morgan fingerprint density at radius 2 is 2.50 bits per heavy atom. The van der Waals surface area contributed by atoms with Crippen LogP contribution < -0.4 is 4.90 Å². The van der Waals surface area contributed by atoms with Crippen LogP contribution in [0.1, 0.15) is 23.0 Å². The number of anilines is 1. The van der Waals surface area contributed by atoms with Crippen molar-refractivity contribution in [3.63, 3.8) is 0 Å². The molecule has 74 valence electrons.